The van der Waals surface area contributed by atoms with Crippen LogP contribution in [-0.2, 0) is 24.2 Å². The highest BCUT2D eigenvalue weighted by atomic mass is 32.2. The largest absolute Gasteiger partial charge is 0.454 e. The number of benzene rings is 1. The molecule has 1 aliphatic rings. The minimum absolute atomic E-state index is 0.0390. The number of nitrogens with one attached hydrogen (secondary N) is 2. The number of ether oxygens (including phenoxy) is 3. The van der Waals surface area contributed by atoms with Crippen LogP contribution in [-0.4, -0.2) is 62.4 Å². The smallest absolute Gasteiger partial charge is 0.404 e. The number of aromatic nitrogens is 2. The first kappa shape index (κ1) is 26.5. The number of esters is 1. The summed E-state index contributed by atoms with van der Waals surface area (Å²) >= 11 is 0. The number of carbonyl (C=O) groups excluding carboxylic acids is 3. The molecule has 184 valence electrons. The fourth-order valence-electron chi connectivity index (χ4n) is 2.59. The van der Waals surface area contributed by atoms with Gasteiger partial charge in [-0.2, -0.15) is 0 Å². The van der Waals surface area contributed by atoms with Crippen molar-refractivity contribution in [2.45, 2.75) is 31.8 Å². The first-order chi connectivity index (χ1) is 16.0. The second kappa shape index (κ2) is 11.9. The van der Waals surface area contributed by atoms with Crippen molar-refractivity contribution in [3.63, 3.8) is 0 Å². The van der Waals surface area contributed by atoms with Gasteiger partial charge in [0.15, 0.2) is 0 Å². The van der Waals surface area contributed by atoms with E-state index < -0.39 is 34.2 Å². The van der Waals surface area contributed by atoms with Crippen LogP contribution in [0.3, 0.4) is 0 Å². The van der Waals surface area contributed by atoms with E-state index in [0.717, 1.165) is 0 Å². The van der Waals surface area contributed by atoms with Crippen molar-refractivity contribution in [3.05, 3.63) is 47.3 Å². The van der Waals surface area contributed by atoms with Crippen LogP contribution in [0.15, 0.2) is 35.2 Å². The highest BCUT2D eigenvalue weighted by Gasteiger charge is 2.29. The Morgan fingerprint density at radius 2 is 1.76 bits per heavy atom. The predicted molar refractivity (Wildman–Crippen MR) is 119 cm³/mol. The van der Waals surface area contributed by atoms with Crippen molar-refractivity contribution in [2.75, 3.05) is 25.1 Å². The summed E-state index contributed by atoms with van der Waals surface area (Å²) in [6, 6.07) is 6.09. The maximum absolute atomic E-state index is 12.6. The van der Waals surface area contributed by atoms with Crippen molar-refractivity contribution in [1.29, 1.82) is 0 Å². The highest BCUT2D eigenvalue weighted by Crippen LogP contribution is 2.18. The zero-order valence-corrected chi connectivity index (χ0v) is 19.5. The molecule has 3 rings (SSSR count). The van der Waals surface area contributed by atoms with Gasteiger partial charge in [0.1, 0.15) is 11.0 Å². The van der Waals surface area contributed by atoms with Crippen LogP contribution in [0, 0.1) is 13.8 Å². The first-order valence-electron chi connectivity index (χ1n) is 9.98. The van der Waals surface area contributed by atoms with Gasteiger partial charge in [-0.3, -0.25) is 5.32 Å². The fourth-order valence-corrected chi connectivity index (χ4v) is 3.70. The second-order valence-corrected chi connectivity index (χ2v) is 8.50. The van der Waals surface area contributed by atoms with Gasteiger partial charge >= 0.3 is 18.1 Å². The monoisotopic (exact) mass is 495 g/mol. The average Bonchev–Trinajstić information content (AvgIpc) is 2.69. The van der Waals surface area contributed by atoms with Crippen molar-refractivity contribution >= 4 is 34.1 Å². The minimum Gasteiger partial charge on any atom is -0.454 e. The molecule has 0 saturated carbocycles. The predicted octanol–water partition coefficient (Wildman–Crippen LogP) is 1.26. The van der Waals surface area contributed by atoms with E-state index >= 15 is 0 Å². The zero-order valence-electron chi connectivity index (χ0n) is 18.7. The van der Waals surface area contributed by atoms with Gasteiger partial charge in [0.25, 0.3) is 10.0 Å². The molecular weight excluding hydrogens is 470 g/mol. The molecule has 1 saturated heterocycles. The van der Waals surface area contributed by atoms with E-state index in [4.69, 9.17) is 9.47 Å². The third-order valence-electron chi connectivity index (χ3n) is 4.00. The van der Waals surface area contributed by atoms with E-state index in [0.29, 0.717) is 18.0 Å². The Hall–Kier alpha value is -3.78. The van der Waals surface area contributed by atoms with Crippen LogP contribution in [0.5, 0.6) is 0 Å². The Morgan fingerprint density at radius 3 is 2.26 bits per heavy atom. The zero-order chi connectivity index (χ0) is 25.3. The molecule has 34 heavy (non-hydrogen) atoms. The average molecular weight is 496 g/mol. The molecule has 0 radical (unpaired) electrons. The Morgan fingerprint density at radius 1 is 1.15 bits per heavy atom. The summed E-state index contributed by atoms with van der Waals surface area (Å²) in [5.74, 6) is -0.852. The Kier molecular flexibility index (Phi) is 9.27. The topological polar surface area (TPSA) is 189 Å². The summed E-state index contributed by atoms with van der Waals surface area (Å²) in [7, 11) is -4.35. The number of primary amides is 1. The SMILES string of the molecule is CCOC(N)=O.Cc1cc(C)nc(NC(=O)NS(=O)(=O)c2ccccc2C(=O)OC2COC2)n1. The van der Waals surface area contributed by atoms with Gasteiger partial charge in [-0.05, 0) is 39.0 Å². The molecule has 1 fully saturated rings. The van der Waals surface area contributed by atoms with E-state index in [2.05, 4.69) is 25.8 Å². The van der Waals surface area contributed by atoms with Crippen LogP contribution in [0.1, 0.15) is 28.7 Å². The molecule has 0 spiro atoms. The van der Waals surface area contributed by atoms with Crippen LogP contribution in [0.2, 0.25) is 0 Å². The molecule has 2 heterocycles. The van der Waals surface area contributed by atoms with Gasteiger partial charge in [0.2, 0.25) is 5.95 Å². The number of sulfonamides is 1. The van der Waals surface area contributed by atoms with E-state index in [9.17, 15) is 22.8 Å². The Bertz CT molecular complexity index is 1130. The molecule has 1 aliphatic heterocycles. The normalized spacial score (nSPS) is 12.9. The maximum atomic E-state index is 12.6. The number of anilines is 1. The van der Waals surface area contributed by atoms with Crippen molar-refractivity contribution in [3.8, 4) is 0 Å². The lowest BCUT2D eigenvalue weighted by atomic mass is 10.2. The van der Waals surface area contributed by atoms with Gasteiger partial charge < -0.3 is 19.9 Å². The lowest BCUT2D eigenvalue weighted by Gasteiger charge is -2.25. The number of rotatable bonds is 6. The third kappa shape index (κ3) is 7.97. The summed E-state index contributed by atoms with van der Waals surface area (Å²) in [6.45, 7) is 6.00. The van der Waals surface area contributed by atoms with Crippen molar-refractivity contribution in [1.82, 2.24) is 14.7 Å². The number of hydrogen-bond donors (Lipinski definition) is 3. The molecule has 0 aliphatic carbocycles. The second-order valence-electron chi connectivity index (χ2n) is 6.85. The lowest BCUT2D eigenvalue weighted by Crippen LogP contribution is -2.39. The molecule has 2 aromatic rings. The molecular formula is C20H25N5O8S. The maximum Gasteiger partial charge on any atom is 0.404 e. The standard InChI is InChI=1S/C17H18N4O6S.C3H7NO2/c1-10-7-11(2)19-16(18-10)20-17(23)21-28(24,25)14-6-4-3-5-13(14)15(22)27-12-8-26-9-12;1-2-6-3(4)5/h3-7,12H,8-9H2,1-2H3,(H2,18,19,20,21,23);2H2,1H3,(H2,4,5). The third-order valence-corrected chi connectivity index (χ3v) is 5.39. The van der Waals surface area contributed by atoms with Crippen LogP contribution in [0.25, 0.3) is 0 Å². The minimum atomic E-state index is -4.35. The molecule has 0 atom stereocenters. The molecule has 0 unspecified atom stereocenters. The lowest BCUT2D eigenvalue weighted by molar-refractivity contribution is -0.103. The van der Waals surface area contributed by atoms with Gasteiger partial charge in [-0.15, -0.1) is 0 Å². The van der Waals surface area contributed by atoms with E-state index in [1.165, 1.54) is 24.3 Å². The number of nitrogens with zero attached hydrogens (tertiary/aromatic N) is 2. The van der Waals surface area contributed by atoms with Crippen LogP contribution in [0.4, 0.5) is 15.5 Å². The molecule has 1 aromatic carbocycles. The highest BCUT2D eigenvalue weighted by molar-refractivity contribution is 7.90. The Balaban J connectivity index is 0.000000604. The summed E-state index contributed by atoms with van der Waals surface area (Å²) in [4.78, 5) is 41.6. The van der Waals surface area contributed by atoms with Gasteiger partial charge in [0, 0.05) is 11.4 Å². The van der Waals surface area contributed by atoms with Crippen molar-refractivity contribution < 1.29 is 37.0 Å². The molecule has 3 amide bonds. The molecule has 0 bridgehead atoms. The first-order valence-corrected chi connectivity index (χ1v) is 11.5. The summed E-state index contributed by atoms with van der Waals surface area (Å²) in [5.41, 5.74) is 5.58. The Labute approximate surface area is 196 Å². The summed E-state index contributed by atoms with van der Waals surface area (Å²) in [5, 5.41) is 2.26. The number of nitrogens with two attached hydrogens (primary N) is 1. The molecule has 1 aromatic heterocycles. The molecule has 4 N–H and O–H groups in total. The van der Waals surface area contributed by atoms with Crippen LogP contribution >= 0.6 is 0 Å². The van der Waals surface area contributed by atoms with Gasteiger partial charge in [-0.25, -0.2) is 37.5 Å². The fraction of sp³-hybridized carbons (Fsp3) is 0.350. The quantitative estimate of drug-likeness (QED) is 0.492. The van der Waals surface area contributed by atoms with E-state index in [1.807, 2.05) is 4.72 Å². The number of amides is 3. The van der Waals surface area contributed by atoms with Gasteiger partial charge in [0.05, 0.1) is 25.4 Å². The molecule has 13 nitrogen and oxygen atoms in total. The van der Waals surface area contributed by atoms with E-state index in [-0.39, 0.29) is 29.6 Å². The number of urea groups is 1. The van der Waals surface area contributed by atoms with E-state index in [1.54, 1.807) is 26.8 Å². The van der Waals surface area contributed by atoms with Crippen molar-refractivity contribution in [2.24, 2.45) is 5.73 Å². The number of aryl methyl sites for hydroxylation is 2. The number of hydrogen-bond acceptors (Lipinski definition) is 10. The summed E-state index contributed by atoms with van der Waals surface area (Å²) in [6.07, 6.45) is -1.13. The number of carbonyl (C=O) groups is 3. The molecule has 14 heteroatoms. The van der Waals surface area contributed by atoms with Gasteiger partial charge in [-0.1, -0.05) is 12.1 Å². The summed E-state index contributed by atoms with van der Waals surface area (Å²) < 4.78 is 41.3. The van der Waals surface area contributed by atoms with Crippen LogP contribution < -0.4 is 15.8 Å².